The highest BCUT2D eigenvalue weighted by atomic mass is 35.5. The highest BCUT2D eigenvalue weighted by Gasteiger charge is 2.32. The molecule has 0 radical (unpaired) electrons. The number of anilines is 1. The lowest BCUT2D eigenvalue weighted by atomic mass is 10.2. The fourth-order valence-corrected chi connectivity index (χ4v) is 3.71. The van der Waals surface area contributed by atoms with Crippen LogP contribution in [-0.2, 0) is 9.59 Å². The Kier molecular flexibility index (Phi) is 6.03. The number of thioether (sulfide) groups is 1. The van der Waals surface area contributed by atoms with Crippen LogP contribution in [0.2, 0.25) is 5.02 Å². The Bertz CT molecular complexity index is 870. The van der Waals surface area contributed by atoms with Crippen molar-refractivity contribution in [2.24, 2.45) is 0 Å². The van der Waals surface area contributed by atoms with Gasteiger partial charge in [-0.05, 0) is 35.9 Å². The van der Waals surface area contributed by atoms with Gasteiger partial charge < -0.3 is 5.32 Å². The SMILES string of the molecule is O=C(CCN1C(=O)/C(=C/c2ccc(Cl)cc2)SC1=S)Nc1cccnc1. The van der Waals surface area contributed by atoms with Gasteiger partial charge in [-0.2, -0.15) is 0 Å². The molecule has 0 bridgehead atoms. The monoisotopic (exact) mass is 403 g/mol. The van der Waals surface area contributed by atoms with Crippen molar-refractivity contribution in [1.29, 1.82) is 0 Å². The quantitative estimate of drug-likeness (QED) is 0.604. The summed E-state index contributed by atoms with van der Waals surface area (Å²) in [5.41, 5.74) is 1.48. The van der Waals surface area contributed by atoms with E-state index in [9.17, 15) is 9.59 Å². The molecule has 26 heavy (non-hydrogen) atoms. The molecule has 3 rings (SSSR count). The number of aromatic nitrogens is 1. The number of amides is 2. The Hall–Kier alpha value is -2.22. The van der Waals surface area contributed by atoms with Crippen molar-refractivity contribution in [1.82, 2.24) is 9.88 Å². The molecule has 5 nitrogen and oxygen atoms in total. The molecule has 8 heteroatoms. The van der Waals surface area contributed by atoms with Crippen molar-refractivity contribution in [3.8, 4) is 0 Å². The van der Waals surface area contributed by atoms with E-state index in [1.165, 1.54) is 16.7 Å². The fourth-order valence-electron chi connectivity index (χ4n) is 2.28. The lowest BCUT2D eigenvalue weighted by Crippen LogP contribution is -2.31. The Balaban J connectivity index is 1.60. The molecule has 1 aliphatic rings. The molecule has 1 N–H and O–H groups in total. The van der Waals surface area contributed by atoms with Crippen molar-refractivity contribution >= 4 is 63.5 Å². The molecule has 0 unspecified atom stereocenters. The van der Waals surface area contributed by atoms with Crippen LogP contribution in [0.4, 0.5) is 5.69 Å². The summed E-state index contributed by atoms with van der Waals surface area (Å²) in [5, 5.41) is 3.37. The third-order valence-corrected chi connectivity index (χ3v) is 5.18. The first-order valence-electron chi connectivity index (χ1n) is 7.74. The van der Waals surface area contributed by atoms with E-state index in [2.05, 4.69) is 10.3 Å². The molecule has 1 aliphatic heterocycles. The molecule has 0 aliphatic carbocycles. The summed E-state index contributed by atoms with van der Waals surface area (Å²) < 4.78 is 0.449. The van der Waals surface area contributed by atoms with Gasteiger partial charge in [-0.15, -0.1) is 0 Å². The molecule has 0 atom stereocenters. The molecule has 2 heterocycles. The summed E-state index contributed by atoms with van der Waals surface area (Å²) in [6, 6.07) is 10.7. The van der Waals surface area contributed by atoms with E-state index in [-0.39, 0.29) is 24.8 Å². The average molecular weight is 404 g/mol. The zero-order valence-electron chi connectivity index (χ0n) is 13.5. The lowest BCUT2D eigenvalue weighted by molar-refractivity contribution is -0.122. The number of nitrogens with zero attached hydrogens (tertiary/aromatic N) is 2. The Morgan fingerprint density at radius 1 is 1.31 bits per heavy atom. The predicted molar refractivity (Wildman–Crippen MR) is 109 cm³/mol. The maximum absolute atomic E-state index is 12.5. The summed E-state index contributed by atoms with van der Waals surface area (Å²) in [6.07, 6.45) is 5.11. The van der Waals surface area contributed by atoms with Gasteiger partial charge in [0.2, 0.25) is 5.91 Å². The minimum Gasteiger partial charge on any atom is -0.325 e. The van der Waals surface area contributed by atoms with Gasteiger partial charge in [0, 0.05) is 24.2 Å². The number of thiocarbonyl (C=S) groups is 1. The van der Waals surface area contributed by atoms with Crippen LogP contribution in [0.15, 0.2) is 53.7 Å². The van der Waals surface area contributed by atoms with Crippen molar-refractivity contribution in [2.45, 2.75) is 6.42 Å². The molecule has 0 saturated carbocycles. The Labute approximate surface area is 165 Å². The summed E-state index contributed by atoms with van der Waals surface area (Å²) in [4.78, 5) is 30.5. The zero-order chi connectivity index (χ0) is 18.5. The lowest BCUT2D eigenvalue weighted by Gasteiger charge is -2.14. The number of rotatable bonds is 5. The number of halogens is 1. The van der Waals surface area contributed by atoms with Gasteiger partial charge in [-0.3, -0.25) is 19.5 Å². The highest BCUT2D eigenvalue weighted by molar-refractivity contribution is 8.26. The minimum atomic E-state index is -0.200. The van der Waals surface area contributed by atoms with Gasteiger partial charge >= 0.3 is 0 Å². The molecule has 0 spiro atoms. The maximum atomic E-state index is 12.5. The van der Waals surface area contributed by atoms with Crippen LogP contribution in [0.3, 0.4) is 0 Å². The van der Waals surface area contributed by atoms with Gasteiger partial charge in [-0.25, -0.2) is 0 Å². The van der Waals surface area contributed by atoms with Crippen LogP contribution in [0.25, 0.3) is 6.08 Å². The van der Waals surface area contributed by atoms with E-state index >= 15 is 0 Å². The second kappa shape index (κ2) is 8.44. The molecular weight excluding hydrogens is 390 g/mol. The maximum Gasteiger partial charge on any atom is 0.266 e. The van der Waals surface area contributed by atoms with Gasteiger partial charge in [-0.1, -0.05) is 47.7 Å². The van der Waals surface area contributed by atoms with Crippen LogP contribution in [0.5, 0.6) is 0 Å². The standard InChI is InChI=1S/C18H14ClN3O2S2/c19-13-5-3-12(4-6-13)10-15-17(24)22(18(25)26-15)9-7-16(23)21-14-2-1-8-20-11-14/h1-6,8,10-11H,7,9H2,(H,21,23)/b15-10-. The molecule has 1 aromatic carbocycles. The van der Waals surface area contributed by atoms with Crippen LogP contribution in [-0.4, -0.2) is 32.6 Å². The number of nitrogens with one attached hydrogen (secondary N) is 1. The molecule has 1 fully saturated rings. The van der Waals surface area contributed by atoms with E-state index in [1.807, 2.05) is 12.1 Å². The fraction of sp³-hybridized carbons (Fsp3) is 0.111. The van der Waals surface area contributed by atoms with Crippen LogP contribution < -0.4 is 5.32 Å². The molecule has 132 valence electrons. The number of pyridine rings is 1. The number of carbonyl (C=O) groups excluding carboxylic acids is 2. The van der Waals surface area contributed by atoms with Crippen molar-refractivity contribution in [3.63, 3.8) is 0 Å². The van der Waals surface area contributed by atoms with Crippen LogP contribution >= 0.6 is 35.6 Å². The number of hydrogen-bond donors (Lipinski definition) is 1. The molecular formula is C18H14ClN3O2S2. The third-order valence-electron chi connectivity index (χ3n) is 3.55. The normalized spacial score (nSPS) is 15.6. The topological polar surface area (TPSA) is 62.3 Å². The van der Waals surface area contributed by atoms with Crippen molar-refractivity contribution in [2.75, 3.05) is 11.9 Å². The van der Waals surface area contributed by atoms with E-state index in [4.69, 9.17) is 23.8 Å². The number of carbonyl (C=O) groups is 2. The van der Waals surface area contributed by atoms with Crippen LogP contribution in [0, 0.1) is 0 Å². The average Bonchev–Trinajstić information content (AvgIpc) is 2.89. The molecule has 2 aromatic rings. The van der Waals surface area contributed by atoms with Gasteiger partial charge in [0.25, 0.3) is 5.91 Å². The molecule has 2 amide bonds. The summed E-state index contributed by atoms with van der Waals surface area (Å²) in [7, 11) is 0. The molecule has 1 aromatic heterocycles. The first-order valence-corrected chi connectivity index (χ1v) is 9.34. The van der Waals surface area contributed by atoms with Crippen LogP contribution in [0.1, 0.15) is 12.0 Å². The zero-order valence-corrected chi connectivity index (χ0v) is 15.9. The first-order chi connectivity index (χ1) is 12.5. The van der Waals surface area contributed by atoms with E-state index < -0.39 is 0 Å². The van der Waals surface area contributed by atoms with E-state index in [1.54, 1.807) is 42.7 Å². The van der Waals surface area contributed by atoms with Gasteiger partial charge in [0.15, 0.2) is 0 Å². The van der Waals surface area contributed by atoms with E-state index in [0.29, 0.717) is 19.9 Å². The summed E-state index contributed by atoms with van der Waals surface area (Å²) in [5.74, 6) is -0.391. The van der Waals surface area contributed by atoms with Gasteiger partial charge in [0.05, 0.1) is 16.8 Å². The second-order valence-corrected chi connectivity index (χ2v) is 7.54. The smallest absolute Gasteiger partial charge is 0.266 e. The molecule has 1 saturated heterocycles. The summed E-state index contributed by atoms with van der Waals surface area (Å²) >= 11 is 12.4. The van der Waals surface area contributed by atoms with Gasteiger partial charge in [0.1, 0.15) is 4.32 Å². The van der Waals surface area contributed by atoms with E-state index in [0.717, 1.165) is 5.56 Å². The largest absolute Gasteiger partial charge is 0.325 e. The minimum absolute atomic E-state index is 0.148. The highest BCUT2D eigenvalue weighted by Crippen LogP contribution is 2.32. The van der Waals surface area contributed by atoms with Crippen molar-refractivity contribution < 1.29 is 9.59 Å². The summed E-state index contributed by atoms with van der Waals surface area (Å²) in [6.45, 7) is 0.231. The second-order valence-electron chi connectivity index (χ2n) is 5.42. The predicted octanol–water partition coefficient (Wildman–Crippen LogP) is 3.97. The Morgan fingerprint density at radius 3 is 2.77 bits per heavy atom. The number of benzene rings is 1. The first kappa shape index (κ1) is 18.6. The number of hydrogen-bond acceptors (Lipinski definition) is 5. The third kappa shape index (κ3) is 4.69. The Morgan fingerprint density at radius 2 is 2.08 bits per heavy atom. The van der Waals surface area contributed by atoms with Crippen molar-refractivity contribution in [3.05, 3.63) is 64.3 Å².